The summed E-state index contributed by atoms with van der Waals surface area (Å²) in [5.74, 6) is -0.397. The Kier molecular flexibility index (Phi) is 3.10. The Hall–Kier alpha value is -1.55. The molecule has 1 aromatic carbocycles. The topological polar surface area (TPSA) is 55.8 Å². The molecule has 1 unspecified atom stereocenters. The fourth-order valence-corrected chi connectivity index (χ4v) is 1.78. The molecule has 1 saturated heterocycles. The first-order valence-corrected chi connectivity index (χ1v) is 5.28. The van der Waals surface area contributed by atoms with Crippen LogP contribution < -0.4 is 4.74 Å². The predicted octanol–water partition coefficient (Wildman–Crippen LogP) is 1.70. The van der Waals surface area contributed by atoms with Crippen molar-refractivity contribution in [2.24, 2.45) is 0 Å². The molecule has 1 aliphatic heterocycles. The van der Waals surface area contributed by atoms with Crippen molar-refractivity contribution in [3.05, 3.63) is 30.3 Å². The number of hydrogen-bond donors (Lipinski definition) is 1. The van der Waals surface area contributed by atoms with Crippen LogP contribution >= 0.6 is 0 Å². The molecule has 16 heavy (non-hydrogen) atoms. The second kappa shape index (κ2) is 4.53. The second-order valence-corrected chi connectivity index (χ2v) is 3.87. The summed E-state index contributed by atoms with van der Waals surface area (Å²) >= 11 is 0. The van der Waals surface area contributed by atoms with E-state index < -0.39 is 11.6 Å². The molecule has 1 fully saturated rings. The van der Waals surface area contributed by atoms with Gasteiger partial charge in [0.25, 0.3) is 0 Å². The van der Waals surface area contributed by atoms with Crippen LogP contribution in [0.1, 0.15) is 12.8 Å². The van der Waals surface area contributed by atoms with E-state index in [1.165, 1.54) is 0 Å². The third kappa shape index (κ3) is 2.17. The Morgan fingerprint density at radius 3 is 2.69 bits per heavy atom. The van der Waals surface area contributed by atoms with Crippen molar-refractivity contribution in [2.45, 2.75) is 18.4 Å². The largest absolute Gasteiger partial charge is 0.478 e. The van der Waals surface area contributed by atoms with Crippen molar-refractivity contribution in [1.29, 1.82) is 0 Å². The Labute approximate surface area is 93.8 Å². The van der Waals surface area contributed by atoms with E-state index in [-0.39, 0.29) is 6.61 Å². The SMILES string of the molecule is O=C(O)C1(Oc2ccccc2)CCCOC1. The number of para-hydroxylation sites is 1. The van der Waals surface area contributed by atoms with Gasteiger partial charge in [-0.1, -0.05) is 18.2 Å². The number of benzene rings is 1. The van der Waals surface area contributed by atoms with Gasteiger partial charge < -0.3 is 14.6 Å². The minimum absolute atomic E-state index is 0.108. The summed E-state index contributed by atoms with van der Waals surface area (Å²) in [5.41, 5.74) is -1.22. The number of carboxylic acid groups (broad SMARTS) is 1. The van der Waals surface area contributed by atoms with E-state index in [1.54, 1.807) is 12.1 Å². The summed E-state index contributed by atoms with van der Waals surface area (Å²) in [6.07, 6.45) is 1.19. The summed E-state index contributed by atoms with van der Waals surface area (Å²) in [4.78, 5) is 11.3. The second-order valence-electron chi connectivity index (χ2n) is 3.87. The van der Waals surface area contributed by atoms with Crippen LogP contribution in [0.2, 0.25) is 0 Å². The van der Waals surface area contributed by atoms with Gasteiger partial charge in [-0.05, 0) is 18.6 Å². The van der Waals surface area contributed by atoms with Gasteiger partial charge in [-0.15, -0.1) is 0 Å². The average Bonchev–Trinajstić information content (AvgIpc) is 2.31. The van der Waals surface area contributed by atoms with Crippen molar-refractivity contribution < 1.29 is 19.4 Å². The fourth-order valence-electron chi connectivity index (χ4n) is 1.78. The Bertz CT molecular complexity index is 355. The molecule has 1 heterocycles. The maximum absolute atomic E-state index is 11.3. The van der Waals surface area contributed by atoms with Crippen LogP contribution in [0.4, 0.5) is 0 Å². The molecule has 2 rings (SSSR count). The lowest BCUT2D eigenvalue weighted by atomic mass is 9.96. The molecule has 0 radical (unpaired) electrons. The summed E-state index contributed by atoms with van der Waals surface area (Å²) in [6.45, 7) is 0.713. The van der Waals surface area contributed by atoms with Crippen LogP contribution in [0, 0.1) is 0 Å². The zero-order chi connectivity index (χ0) is 11.4. The van der Waals surface area contributed by atoms with Crippen LogP contribution in [0.5, 0.6) is 5.75 Å². The molecule has 1 aromatic rings. The maximum atomic E-state index is 11.3. The molecular weight excluding hydrogens is 208 g/mol. The average molecular weight is 222 g/mol. The highest BCUT2D eigenvalue weighted by Gasteiger charge is 2.43. The first-order valence-electron chi connectivity index (χ1n) is 5.28. The zero-order valence-electron chi connectivity index (χ0n) is 8.89. The van der Waals surface area contributed by atoms with E-state index in [9.17, 15) is 9.90 Å². The first kappa shape index (κ1) is 11.0. The van der Waals surface area contributed by atoms with E-state index in [2.05, 4.69) is 0 Å². The number of ether oxygens (including phenoxy) is 2. The number of carboxylic acids is 1. The van der Waals surface area contributed by atoms with Crippen LogP contribution in [-0.4, -0.2) is 29.9 Å². The lowest BCUT2D eigenvalue weighted by Gasteiger charge is -2.33. The normalized spacial score (nSPS) is 25.0. The van der Waals surface area contributed by atoms with Crippen LogP contribution in [0.3, 0.4) is 0 Å². The quantitative estimate of drug-likeness (QED) is 0.845. The maximum Gasteiger partial charge on any atom is 0.350 e. The monoisotopic (exact) mass is 222 g/mol. The summed E-state index contributed by atoms with van der Waals surface area (Å²) in [7, 11) is 0. The third-order valence-electron chi connectivity index (χ3n) is 2.65. The molecule has 0 saturated carbocycles. The van der Waals surface area contributed by atoms with Gasteiger partial charge in [-0.3, -0.25) is 0 Å². The van der Waals surface area contributed by atoms with Gasteiger partial charge in [0.1, 0.15) is 5.75 Å². The van der Waals surface area contributed by atoms with Crippen molar-refractivity contribution in [2.75, 3.05) is 13.2 Å². The van der Waals surface area contributed by atoms with Gasteiger partial charge in [0.15, 0.2) is 0 Å². The van der Waals surface area contributed by atoms with Crippen molar-refractivity contribution in [3.8, 4) is 5.75 Å². The molecular formula is C12H14O4. The third-order valence-corrected chi connectivity index (χ3v) is 2.65. The van der Waals surface area contributed by atoms with Crippen molar-refractivity contribution in [3.63, 3.8) is 0 Å². The Morgan fingerprint density at radius 1 is 1.38 bits per heavy atom. The molecule has 0 aromatic heterocycles. The summed E-state index contributed by atoms with van der Waals surface area (Å²) in [5, 5.41) is 9.25. The summed E-state index contributed by atoms with van der Waals surface area (Å²) < 4.78 is 10.8. The number of hydrogen-bond acceptors (Lipinski definition) is 3. The number of aliphatic carboxylic acids is 1. The Balaban J connectivity index is 2.17. The van der Waals surface area contributed by atoms with Gasteiger partial charge in [0.05, 0.1) is 6.61 Å². The van der Waals surface area contributed by atoms with Crippen LogP contribution in [0.25, 0.3) is 0 Å². The van der Waals surface area contributed by atoms with Gasteiger partial charge in [-0.2, -0.15) is 0 Å². The standard InChI is InChI=1S/C12H14O4/c13-11(14)12(7-4-8-15-9-12)16-10-5-2-1-3-6-10/h1-3,5-6H,4,7-9H2,(H,13,14). The number of carbonyl (C=O) groups is 1. The van der Waals surface area contributed by atoms with E-state index in [1.807, 2.05) is 18.2 Å². The van der Waals surface area contributed by atoms with Gasteiger partial charge in [-0.25, -0.2) is 4.79 Å². The lowest BCUT2D eigenvalue weighted by molar-refractivity contribution is -0.167. The molecule has 86 valence electrons. The van der Waals surface area contributed by atoms with E-state index in [0.29, 0.717) is 25.2 Å². The lowest BCUT2D eigenvalue weighted by Crippen LogP contribution is -2.51. The highest BCUT2D eigenvalue weighted by molar-refractivity contribution is 5.78. The molecule has 0 amide bonds. The molecule has 0 bridgehead atoms. The molecule has 4 heteroatoms. The Morgan fingerprint density at radius 2 is 2.12 bits per heavy atom. The fraction of sp³-hybridized carbons (Fsp3) is 0.417. The van der Waals surface area contributed by atoms with Gasteiger partial charge in [0.2, 0.25) is 5.60 Å². The minimum atomic E-state index is -1.22. The molecule has 1 aliphatic rings. The van der Waals surface area contributed by atoms with Gasteiger partial charge >= 0.3 is 5.97 Å². The molecule has 4 nitrogen and oxygen atoms in total. The predicted molar refractivity (Wildman–Crippen MR) is 57.5 cm³/mol. The van der Waals surface area contributed by atoms with Crippen molar-refractivity contribution in [1.82, 2.24) is 0 Å². The van der Waals surface area contributed by atoms with Crippen molar-refractivity contribution >= 4 is 5.97 Å². The van der Waals surface area contributed by atoms with Crippen LogP contribution in [0.15, 0.2) is 30.3 Å². The molecule has 1 atom stereocenters. The van der Waals surface area contributed by atoms with Gasteiger partial charge in [0, 0.05) is 13.0 Å². The molecule has 1 N–H and O–H groups in total. The first-order chi connectivity index (χ1) is 7.73. The smallest absolute Gasteiger partial charge is 0.350 e. The van der Waals surface area contributed by atoms with E-state index >= 15 is 0 Å². The minimum Gasteiger partial charge on any atom is -0.478 e. The van der Waals surface area contributed by atoms with E-state index in [0.717, 1.165) is 0 Å². The highest BCUT2D eigenvalue weighted by atomic mass is 16.6. The van der Waals surface area contributed by atoms with Crippen LogP contribution in [-0.2, 0) is 9.53 Å². The summed E-state index contributed by atoms with van der Waals surface area (Å²) in [6, 6.07) is 8.99. The highest BCUT2D eigenvalue weighted by Crippen LogP contribution is 2.26. The molecule has 0 spiro atoms. The number of rotatable bonds is 3. The molecule has 0 aliphatic carbocycles. The van der Waals surface area contributed by atoms with E-state index in [4.69, 9.17) is 9.47 Å². The zero-order valence-corrected chi connectivity index (χ0v) is 8.89.